The summed E-state index contributed by atoms with van der Waals surface area (Å²) in [5.74, 6) is -0.626. The molecule has 3 rings (SSSR count). The van der Waals surface area contributed by atoms with Crippen molar-refractivity contribution in [2.75, 3.05) is 6.54 Å². The number of carbonyl (C=O) groups excluding carboxylic acids is 2. The molecule has 0 bridgehead atoms. The van der Waals surface area contributed by atoms with Gasteiger partial charge in [0.05, 0.1) is 5.92 Å². The number of nitrogens with zero attached hydrogens (tertiary/aromatic N) is 1. The smallest absolute Gasteiger partial charge is 0.232 e. The van der Waals surface area contributed by atoms with Crippen LogP contribution in [0.4, 0.5) is 0 Å². The van der Waals surface area contributed by atoms with Crippen molar-refractivity contribution >= 4 is 11.8 Å². The number of pyridine rings is 1. The molecule has 0 fully saturated rings. The van der Waals surface area contributed by atoms with Gasteiger partial charge in [-0.2, -0.15) is 0 Å². The molecule has 3 aromatic rings. The Morgan fingerprint density at radius 1 is 0.821 bits per heavy atom. The summed E-state index contributed by atoms with van der Waals surface area (Å²) in [4.78, 5) is 28.9. The number of benzene rings is 2. The highest BCUT2D eigenvalue weighted by Crippen LogP contribution is 2.24. The topological polar surface area (TPSA) is 71.1 Å². The van der Waals surface area contributed by atoms with Crippen LogP contribution in [0, 0.1) is 0 Å². The second-order valence-electron chi connectivity index (χ2n) is 6.43. The number of hydrogen-bond donors (Lipinski definition) is 2. The predicted molar refractivity (Wildman–Crippen MR) is 108 cm³/mol. The summed E-state index contributed by atoms with van der Waals surface area (Å²) in [5.41, 5.74) is 2.78. The van der Waals surface area contributed by atoms with Crippen molar-refractivity contribution in [1.82, 2.24) is 15.6 Å². The van der Waals surface area contributed by atoms with Crippen LogP contribution in [0.1, 0.15) is 29.0 Å². The van der Waals surface area contributed by atoms with E-state index in [1.54, 1.807) is 12.4 Å². The molecule has 1 aromatic heterocycles. The van der Waals surface area contributed by atoms with Gasteiger partial charge in [0.25, 0.3) is 0 Å². The third kappa shape index (κ3) is 5.51. The molecule has 2 N–H and O–H groups in total. The Bertz CT molecular complexity index is 844. The average Bonchev–Trinajstić information content (AvgIpc) is 2.75. The normalized spacial score (nSPS) is 10.5. The van der Waals surface area contributed by atoms with Gasteiger partial charge in [0.15, 0.2) is 0 Å². The van der Waals surface area contributed by atoms with Crippen LogP contribution in [0.15, 0.2) is 85.2 Å². The van der Waals surface area contributed by atoms with Gasteiger partial charge in [0, 0.05) is 31.9 Å². The molecule has 5 heteroatoms. The highest BCUT2D eigenvalue weighted by Gasteiger charge is 2.22. The molecule has 0 saturated heterocycles. The number of rotatable bonds is 8. The van der Waals surface area contributed by atoms with E-state index < -0.39 is 5.92 Å². The fourth-order valence-electron chi connectivity index (χ4n) is 2.98. The summed E-state index contributed by atoms with van der Waals surface area (Å²) >= 11 is 0. The number of hydrogen-bond acceptors (Lipinski definition) is 3. The minimum atomic E-state index is -0.402. The van der Waals surface area contributed by atoms with E-state index in [1.807, 2.05) is 72.8 Å². The van der Waals surface area contributed by atoms with Crippen LogP contribution >= 0.6 is 0 Å². The largest absolute Gasteiger partial charge is 0.355 e. The van der Waals surface area contributed by atoms with Crippen LogP contribution in [-0.2, 0) is 16.1 Å². The van der Waals surface area contributed by atoms with Gasteiger partial charge in [-0.1, -0.05) is 66.7 Å². The Hall–Kier alpha value is -3.47. The first-order valence-corrected chi connectivity index (χ1v) is 9.27. The lowest BCUT2D eigenvalue weighted by Gasteiger charge is -2.18. The summed E-state index contributed by atoms with van der Waals surface area (Å²) in [5, 5.41) is 5.73. The lowest BCUT2D eigenvalue weighted by Crippen LogP contribution is -2.34. The summed E-state index contributed by atoms with van der Waals surface area (Å²) in [6.07, 6.45) is 3.63. The van der Waals surface area contributed by atoms with E-state index in [-0.39, 0.29) is 24.8 Å². The van der Waals surface area contributed by atoms with Crippen LogP contribution in [0.25, 0.3) is 0 Å². The lowest BCUT2D eigenvalue weighted by atomic mass is 9.90. The number of aromatic nitrogens is 1. The number of carbonyl (C=O) groups is 2. The van der Waals surface area contributed by atoms with Gasteiger partial charge in [0.2, 0.25) is 11.8 Å². The highest BCUT2D eigenvalue weighted by atomic mass is 16.2. The molecule has 0 aliphatic heterocycles. The van der Waals surface area contributed by atoms with E-state index in [9.17, 15) is 9.59 Å². The molecular formula is C23H23N3O2. The maximum atomic E-state index is 12.9. The minimum absolute atomic E-state index is 0.111. The zero-order valence-corrected chi connectivity index (χ0v) is 15.5. The molecule has 0 atom stereocenters. The van der Waals surface area contributed by atoms with E-state index in [0.29, 0.717) is 6.54 Å². The van der Waals surface area contributed by atoms with Crippen LogP contribution in [-0.4, -0.2) is 23.3 Å². The molecule has 28 heavy (non-hydrogen) atoms. The van der Waals surface area contributed by atoms with E-state index in [0.717, 1.165) is 16.7 Å². The maximum absolute atomic E-state index is 12.9. The molecule has 0 aliphatic carbocycles. The predicted octanol–water partition coefficient (Wildman–Crippen LogP) is 3.04. The molecule has 2 amide bonds. The standard InChI is InChI=1S/C23H23N3O2/c27-21(26-17-18-8-7-14-24-16-18)13-15-25-23(28)22(19-9-3-1-4-10-19)20-11-5-2-6-12-20/h1-12,14,16,22H,13,15,17H2,(H,25,28)(H,26,27). The summed E-state index contributed by atoms with van der Waals surface area (Å²) in [6.45, 7) is 0.713. The Balaban J connectivity index is 1.55. The number of amides is 2. The van der Waals surface area contributed by atoms with Crippen LogP contribution in [0.2, 0.25) is 0 Å². The molecular weight excluding hydrogens is 350 g/mol. The summed E-state index contributed by atoms with van der Waals surface area (Å²) in [7, 11) is 0. The minimum Gasteiger partial charge on any atom is -0.355 e. The van der Waals surface area contributed by atoms with Gasteiger partial charge in [-0.25, -0.2) is 0 Å². The van der Waals surface area contributed by atoms with Gasteiger partial charge in [-0.3, -0.25) is 14.6 Å². The van der Waals surface area contributed by atoms with Crippen molar-refractivity contribution in [3.05, 3.63) is 102 Å². The van der Waals surface area contributed by atoms with Gasteiger partial charge >= 0.3 is 0 Å². The zero-order valence-electron chi connectivity index (χ0n) is 15.5. The van der Waals surface area contributed by atoms with Crippen LogP contribution in [0.5, 0.6) is 0 Å². The van der Waals surface area contributed by atoms with E-state index in [4.69, 9.17) is 0 Å². The third-order valence-electron chi connectivity index (χ3n) is 4.39. The van der Waals surface area contributed by atoms with Crippen LogP contribution in [0.3, 0.4) is 0 Å². The van der Waals surface area contributed by atoms with Gasteiger partial charge < -0.3 is 10.6 Å². The van der Waals surface area contributed by atoms with Gasteiger partial charge in [-0.05, 0) is 22.8 Å². The van der Waals surface area contributed by atoms with Crippen molar-refractivity contribution in [1.29, 1.82) is 0 Å². The van der Waals surface area contributed by atoms with Crippen molar-refractivity contribution in [2.24, 2.45) is 0 Å². The number of nitrogens with one attached hydrogen (secondary N) is 2. The molecule has 0 unspecified atom stereocenters. The molecule has 1 heterocycles. The van der Waals surface area contributed by atoms with Gasteiger partial charge in [-0.15, -0.1) is 0 Å². The highest BCUT2D eigenvalue weighted by molar-refractivity contribution is 5.87. The SMILES string of the molecule is O=C(CCNC(=O)C(c1ccccc1)c1ccccc1)NCc1cccnc1. The summed E-state index contributed by atoms with van der Waals surface area (Å²) < 4.78 is 0. The van der Waals surface area contributed by atoms with Crippen molar-refractivity contribution in [2.45, 2.75) is 18.9 Å². The first-order valence-electron chi connectivity index (χ1n) is 9.27. The first kappa shape index (κ1) is 19.3. The Kier molecular flexibility index (Phi) is 6.90. The second-order valence-corrected chi connectivity index (χ2v) is 6.43. The first-order chi connectivity index (χ1) is 13.7. The molecule has 5 nitrogen and oxygen atoms in total. The maximum Gasteiger partial charge on any atom is 0.232 e. The Labute approximate surface area is 164 Å². The average molecular weight is 373 g/mol. The third-order valence-corrected chi connectivity index (χ3v) is 4.39. The van der Waals surface area contributed by atoms with Crippen molar-refractivity contribution in [3.63, 3.8) is 0 Å². The Morgan fingerprint density at radius 2 is 1.46 bits per heavy atom. The molecule has 0 aliphatic rings. The van der Waals surface area contributed by atoms with E-state index in [2.05, 4.69) is 15.6 Å². The molecule has 2 aromatic carbocycles. The quantitative estimate of drug-likeness (QED) is 0.638. The molecule has 0 radical (unpaired) electrons. The monoisotopic (exact) mass is 373 g/mol. The fraction of sp³-hybridized carbons (Fsp3) is 0.174. The lowest BCUT2D eigenvalue weighted by molar-refractivity contribution is -0.122. The van der Waals surface area contributed by atoms with Crippen molar-refractivity contribution < 1.29 is 9.59 Å². The van der Waals surface area contributed by atoms with Crippen LogP contribution < -0.4 is 10.6 Å². The second kappa shape index (κ2) is 10.0. The molecule has 142 valence electrons. The summed E-state index contributed by atoms with van der Waals surface area (Å²) in [6, 6.07) is 23.0. The van der Waals surface area contributed by atoms with Crippen molar-refractivity contribution in [3.8, 4) is 0 Å². The van der Waals surface area contributed by atoms with E-state index >= 15 is 0 Å². The van der Waals surface area contributed by atoms with E-state index in [1.165, 1.54) is 0 Å². The molecule has 0 saturated carbocycles. The van der Waals surface area contributed by atoms with Gasteiger partial charge in [0.1, 0.15) is 0 Å². The zero-order chi connectivity index (χ0) is 19.6. The molecule has 0 spiro atoms. The fourth-order valence-corrected chi connectivity index (χ4v) is 2.98. The Morgan fingerprint density at radius 3 is 2.04 bits per heavy atom.